The molecule has 1 heterocycles. The average Bonchev–Trinajstić information content (AvgIpc) is 3.00. The van der Waals surface area contributed by atoms with Crippen LogP contribution in [0.3, 0.4) is 0 Å². The van der Waals surface area contributed by atoms with Gasteiger partial charge in [0.25, 0.3) is 12.3 Å². The fraction of sp³-hybridized carbons (Fsp3) is 0.111. The minimum atomic E-state index is -2.85. The molecule has 26 heavy (non-hydrogen) atoms. The molecule has 0 aliphatic heterocycles. The van der Waals surface area contributed by atoms with Crippen molar-refractivity contribution < 1.29 is 13.6 Å². The van der Waals surface area contributed by atoms with Crippen LogP contribution in [-0.4, -0.2) is 15.7 Å². The van der Waals surface area contributed by atoms with E-state index in [-0.39, 0.29) is 5.56 Å². The third-order valence-electron chi connectivity index (χ3n) is 3.70. The topological polar surface area (TPSA) is 46.9 Å². The summed E-state index contributed by atoms with van der Waals surface area (Å²) >= 11 is 12.3. The fourth-order valence-electron chi connectivity index (χ4n) is 2.56. The number of amides is 1. The molecule has 3 rings (SSSR count). The van der Waals surface area contributed by atoms with Crippen LogP contribution in [0.15, 0.2) is 48.7 Å². The number of aryl methyl sites for hydroxylation is 1. The van der Waals surface area contributed by atoms with Crippen molar-refractivity contribution in [2.45, 2.75) is 6.43 Å². The highest BCUT2D eigenvalue weighted by molar-refractivity contribution is 6.35. The van der Waals surface area contributed by atoms with Crippen LogP contribution < -0.4 is 5.32 Å². The zero-order chi connectivity index (χ0) is 18.8. The number of rotatable bonds is 4. The number of anilines is 1. The van der Waals surface area contributed by atoms with Crippen LogP contribution in [0.2, 0.25) is 10.0 Å². The molecule has 0 saturated carbocycles. The van der Waals surface area contributed by atoms with E-state index in [0.29, 0.717) is 26.9 Å². The van der Waals surface area contributed by atoms with Crippen LogP contribution in [0.4, 0.5) is 14.5 Å². The lowest BCUT2D eigenvalue weighted by atomic mass is 10.0. The molecule has 0 radical (unpaired) electrons. The van der Waals surface area contributed by atoms with Crippen LogP contribution in [0.1, 0.15) is 22.5 Å². The Morgan fingerprint density at radius 1 is 1.15 bits per heavy atom. The molecule has 3 aromatic rings. The minimum absolute atomic E-state index is 0.186. The first kappa shape index (κ1) is 18.4. The molecule has 0 saturated heterocycles. The van der Waals surface area contributed by atoms with Gasteiger partial charge < -0.3 is 5.32 Å². The molecule has 4 nitrogen and oxygen atoms in total. The first-order valence-corrected chi connectivity index (χ1v) is 8.30. The van der Waals surface area contributed by atoms with Crippen molar-refractivity contribution in [1.29, 1.82) is 0 Å². The number of para-hydroxylation sites is 1. The number of halogens is 4. The summed E-state index contributed by atoms with van der Waals surface area (Å²) in [6.07, 6.45) is -1.60. The van der Waals surface area contributed by atoms with Crippen LogP contribution >= 0.6 is 23.2 Å². The maximum Gasteiger partial charge on any atom is 0.282 e. The lowest BCUT2D eigenvalue weighted by Gasteiger charge is -2.13. The van der Waals surface area contributed by atoms with Crippen molar-refractivity contribution in [1.82, 2.24) is 9.78 Å². The maximum absolute atomic E-state index is 13.1. The second-order valence-electron chi connectivity index (χ2n) is 5.53. The quantitative estimate of drug-likeness (QED) is 0.626. The highest BCUT2D eigenvalue weighted by Crippen LogP contribution is 2.35. The van der Waals surface area contributed by atoms with Gasteiger partial charge >= 0.3 is 0 Å². The Bertz CT molecular complexity index is 973. The van der Waals surface area contributed by atoms with Gasteiger partial charge in [0, 0.05) is 40.1 Å². The lowest BCUT2D eigenvalue weighted by Crippen LogP contribution is -2.14. The third kappa shape index (κ3) is 3.71. The molecule has 134 valence electrons. The number of carbonyl (C=O) groups excluding carboxylic acids is 1. The van der Waals surface area contributed by atoms with Crippen LogP contribution in [0.25, 0.3) is 11.1 Å². The molecule has 0 unspecified atom stereocenters. The van der Waals surface area contributed by atoms with Gasteiger partial charge in [-0.2, -0.15) is 5.10 Å². The highest BCUT2D eigenvalue weighted by atomic mass is 35.5. The molecular formula is C18H13Cl2F2N3O. The zero-order valence-corrected chi connectivity index (χ0v) is 15.0. The third-order valence-corrected chi connectivity index (χ3v) is 4.27. The Morgan fingerprint density at radius 2 is 1.88 bits per heavy atom. The molecule has 0 fully saturated rings. The standard InChI is InChI=1S/C18H13Cl2F2N3O/c1-25-9-13(16(24-25)17(21)22)18(26)23-15-5-3-2-4-11(15)12-8-10(19)6-7-14(12)20/h2-9,17H,1H3,(H,23,26). The second-order valence-corrected chi connectivity index (χ2v) is 6.37. The van der Waals surface area contributed by atoms with Gasteiger partial charge in [0.2, 0.25) is 0 Å². The van der Waals surface area contributed by atoms with Crippen molar-refractivity contribution in [2.75, 3.05) is 5.32 Å². The molecular weight excluding hydrogens is 383 g/mol. The summed E-state index contributed by atoms with van der Waals surface area (Å²) < 4.78 is 27.4. The Kier molecular flexibility index (Phi) is 5.25. The maximum atomic E-state index is 13.1. The molecule has 8 heteroatoms. The molecule has 0 bridgehead atoms. The van der Waals surface area contributed by atoms with E-state index >= 15 is 0 Å². The first-order chi connectivity index (χ1) is 12.4. The summed E-state index contributed by atoms with van der Waals surface area (Å²) in [5.41, 5.74) is 0.912. The Labute approximate surface area is 158 Å². The Balaban J connectivity index is 1.99. The van der Waals surface area contributed by atoms with E-state index < -0.39 is 18.0 Å². The van der Waals surface area contributed by atoms with Gasteiger partial charge in [-0.15, -0.1) is 0 Å². The van der Waals surface area contributed by atoms with Gasteiger partial charge in [0.05, 0.1) is 5.56 Å². The van der Waals surface area contributed by atoms with Crippen LogP contribution in [0, 0.1) is 0 Å². The van der Waals surface area contributed by atoms with E-state index in [1.165, 1.54) is 17.9 Å². The predicted molar refractivity (Wildman–Crippen MR) is 98.0 cm³/mol. The molecule has 0 aliphatic carbocycles. The van der Waals surface area contributed by atoms with E-state index in [0.717, 1.165) is 0 Å². The summed E-state index contributed by atoms with van der Waals surface area (Å²) in [4.78, 5) is 12.5. The number of aromatic nitrogens is 2. The molecule has 2 aromatic carbocycles. The zero-order valence-electron chi connectivity index (χ0n) is 13.5. The van der Waals surface area contributed by atoms with Crippen molar-refractivity contribution in [2.24, 2.45) is 7.05 Å². The highest BCUT2D eigenvalue weighted by Gasteiger charge is 2.23. The number of hydrogen-bond acceptors (Lipinski definition) is 2. The molecule has 0 spiro atoms. The summed E-state index contributed by atoms with van der Waals surface area (Å²) in [5, 5.41) is 7.23. The summed E-state index contributed by atoms with van der Waals surface area (Å²) in [7, 11) is 1.47. The number of nitrogens with one attached hydrogen (secondary N) is 1. The van der Waals surface area contributed by atoms with E-state index in [4.69, 9.17) is 23.2 Å². The average molecular weight is 396 g/mol. The summed E-state index contributed by atoms with van der Waals surface area (Å²) in [5.74, 6) is -0.681. The number of benzene rings is 2. The summed E-state index contributed by atoms with van der Waals surface area (Å²) in [6.45, 7) is 0. The first-order valence-electron chi connectivity index (χ1n) is 7.54. The van der Waals surface area contributed by atoms with Crippen molar-refractivity contribution in [3.05, 3.63) is 70.0 Å². The van der Waals surface area contributed by atoms with Gasteiger partial charge in [-0.05, 0) is 24.3 Å². The number of alkyl halides is 2. The van der Waals surface area contributed by atoms with Gasteiger partial charge in [0.1, 0.15) is 5.69 Å². The van der Waals surface area contributed by atoms with Crippen molar-refractivity contribution in [3.8, 4) is 11.1 Å². The molecule has 1 N–H and O–H groups in total. The smallest absolute Gasteiger partial charge is 0.282 e. The van der Waals surface area contributed by atoms with E-state index in [9.17, 15) is 13.6 Å². The largest absolute Gasteiger partial charge is 0.321 e. The van der Waals surface area contributed by atoms with Gasteiger partial charge in [-0.25, -0.2) is 8.78 Å². The minimum Gasteiger partial charge on any atom is -0.321 e. The van der Waals surface area contributed by atoms with E-state index in [2.05, 4.69) is 10.4 Å². The van der Waals surface area contributed by atoms with Gasteiger partial charge in [-0.3, -0.25) is 9.48 Å². The molecule has 1 aromatic heterocycles. The van der Waals surface area contributed by atoms with Crippen molar-refractivity contribution in [3.63, 3.8) is 0 Å². The Morgan fingerprint density at radius 3 is 2.62 bits per heavy atom. The predicted octanol–water partition coefficient (Wildman–Crippen LogP) is 5.58. The number of nitrogens with zero attached hydrogens (tertiary/aromatic N) is 2. The number of carbonyl (C=O) groups is 1. The van der Waals surface area contributed by atoms with Gasteiger partial charge in [0.15, 0.2) is 0 Å². The van der Waals surface area contributed by atoms with E-state index in [1.807, 2.05) is 0 Å². The summed E-state index contributed by atoms with van der Waals surface area (Å²) in [6, 6.07) is 11.9. The SMILES string of the molecule is Cn1cc(C(=O)Nc2ccccc2-c2cc(Cl)ccc2Cl)c(C(F)F)n1. The molecule has 0 atom stereocenters. The van der Waals surface area contributed by atoms with Crippen LogP contribution in [-0.2, 0) is 7.05 Å². The van der Waals surface area contributed by atoms with Gasteiger partial charge in [-0.1, -0.05) is 41.4 Å². The second kappa shape index (κ2) is 7.43. The van der Waals surface area contributed by atoms with E-state index in [1.54, 1.807) is 42.5 Å². The fourth-order valence-corrected chi connectivity index (χ4v) is 2.95. The monoisotopic (exact) mass is 395 g/mol. The number of hydrogen-bond donors (Lipinski definition) is 1. The van der Waals surface area contributed by atoms with Crippen LogP contribution in [0.5, 0.6) is 0 Å². The lowest BCUT2D eigenvalue weighted by molar-refractivity contribution is 0.101. The Hall–Kier alpha value is -2.44. The molecule has 1 amide bonds. The normalized spacial score (nSPS) is 11.0. The van der Waals surface area contributed by atoms with Crippen molar-refractivity contribution >= 4 is 34.8 Å². The molecule has 0 aliphatic rings.